The third kappa shape index (κ3) is 6.72. The van der Waals surface area contributed by atoms with Crippen molar-refractivity contribution in [3.63, 3.8) is 0 Å². The van der Waals surface area contributed by atoms with E-state index in [0.29, 0.717) is 13.0 Å². The molecular formula is C22H35N5O2. The molecule has 1 aliphatic carbocycles. The van der Waals surface area contributed by atoms with Crippen LogP contribution in [0.2, 0.25) is 0 Å². The number of hydrogen-bond acceptors (Lipinski definition) is 4. The van der Waals surface area contributed by atoms with Gasteiger partial charge in [0.05, 0.1) is 13.2 Å². The van der Waals surface area contributed by atoms with Gasteiger partial charge in [0.15, 0.2) is 5.96 Å². The normalized spacial score (nSPS) is 17.3. The maximum Gasteiger partial charge on any atom is 0.227 e. The summed E-state index contributed by atoms with van der Waals surface area (Å²) in [4.78, 5) is 21.0. The zero-order valence-corrected chi connectivity index (χ0v) is 17.8. The van der Waals surface area contributed by atoms with Crippen molar-refractivity contribution >= 4 is 17.6 Å². The first-order valence-corrected chi connectivity index (χ1v) is 10.9. The minimum absolute atomic E-state index is 0.222. The second-order valence-corrected chi connectivity index (χ2v) is 7.70. The van der Waals surface area contributed by atoms with E-state index in [4.69, 9.17) is 9.73 Å². The predicted molar refractivity (Wildman–Crippen MR) is 117 cm³/mol. The summed E-state index contributed by atoms with van der Waals surface area (Å²) in [5.41, 5.74) is 2.12. The SMILES string of the molecule is CCNC(=NCc1ccc(N2CCCC2=O)cc1)NCCN(CCOC)C1CC1. The highest BCUT2D eigenvalue weighted by Crippen LogP contribution is 2.26. The number of nitrogens with one attached hydrogen (secondary N) is 2. The lowest BCUT2D eigenvalue weighted by Gasteiger charge is -2.22. The maximum absolute atomic E-state index is 11.9. The molecule has 7 heteroatoms. The summed E-state index contributed by atoms with van der Waals surface area (Å²) >= 11 is 0. The number of hydrogen-bond donors (Lipinski definition) is 2. The molecule has 0 atom stereocenters. The standard InChI is InChI=1S/C22H35N5O2/c1-3-23-22(24-12-14-26(15-16-29-2)19-10-11-19)25-17-18-6-8-20(9-7-18)27-13-4-5-21(27)28/h6-9,19H,3-5,10-17H2,1-2H3,(H2,23,24,25). The van der Waals surface area contributed by atoms with Gasteiger partial charge in [-0.15, -0.1) is 0 Å². The summed E-state index contributed by atoms with van der Waals surface area (Å²) in [6.07, 6.45) is 4.22. The summed E-state index contributed by atoms with van der Waals surface area (Å²) in [5, 5.41) is 6.77. The largest absolute Gasteiger partial charge is 0.383 e. The summed E-state index contributed by atoms with van der Waals surface area (Å²) in [5.74, 6) is 1.06. The molecule has 0 bridgehead atoms. The van der Waals surface area contributed by atoms with Crippen LogP contribution in [0.4, 0.5) is 5.69 Å². The average molecular weight is 402 g/mol. The van der Waals surface area contributed by atoms with Crippen molar-refractivity contribution in [3.8, 4) is 0 Å². The molecule has 0 radical (unpaired) electrons. The third-order valence-electron chi connectivity index (χ3n) is 5.42. The number of amides is 1. The smallest absolute Gasteiger partial charge is 0.227 e. The first-order chi connectivity index (χ1) is 14.2. The monoisotopic (exact) mass is 401 g/mol. The van der Waals surface area contributed by atoms with E-state index < -0.39 is 0 Å². The van der Waals surface area contributed by atoms with Crippen LogP contribution >= 0.6 is 0 Å². The Morgan fingerprint density at radius 2 is 2.03 bits per heavy atom. The van der Waals surface area contributed by atoms with E-state index in [-0.39, 0.29) is 5.91 Å². The number of carbonyl (C=O) groups is 1. The zero-order chi connectivity index (χ0) is 20.5. The average Bonchev–Trinajstić information content (AvgIpc) is 3.49. The molecule has 1 aromatic rings. The van der Waals surface area contributed by atoms with Crippen molar-refractivity contribution in [2.75, 3.05) is 51.3 Å². The van der Waals surface area contributed by atoms with E-state index in [0.717, 1.165) is 69.0 Å². The fourth-order valence-electron chi connectivity index (χ4n) is 3.66. The number of anilines is 1. The lowest BCUT2D eigenvalue weighted by atomic mass is 10.2. The van der Waals surface area contributed by atoms with Gasteiger partial charge in [0.25, 0.3) is 0 Å². The Kier molecular flexibility index (Phi) is 8.31. The van der Waals surface area contributed by atoms with Crippen LogP contribution in [0, 0.1) is 0 Å². The molecule has 7 nitrogen and oxygen atoms in total. The van der Waals surface area contributed by atoms with Gasteiger partial charge < -0.3 is 20.3 Å². The molecule has 29 heavy (non-hydrogen) atoms. The van der Waals surface area contributed by atoms with Crippen LogP contribution in [-0.4, -0.2) is 69.2 Å². The Balaban J connectivity index is 1.48. The van der Waals surface area contributed by atoms with Crippen molar-refractivity contribution < 1.29 is 9.53 Å². The topological polar surface area (TPSA) is 69.2 Å². The van der Waals surface area contributed by atoms with Crippen molar-refractivity contribution in [1.82, 2.24) is 15.5 Å². The zero-order valence-electron chi connectivity index (χ0n) is 17.8. The Morgan fingerprint density at radius 3 is 2.66 bits per heavy atom. The predicted octanol–water partition coefficient (Wildman–Crippen LogP) is 1.98. The highest BCUT2D eigenvalue weighted by Gasteiger charge is 2.28. The lowest BCUT2D eigenvalue weighted by Crippen LogP contribution is -2.42. The number of methoxy groups -OCH3 is 1. The third-order valence-corrected chi connectivity index (χ3v) is 5.42. The van der Waals surface area contributed by atoms with Gasteiger partial charge in [-0.05, 0) is 43.9 Å². The number of benzene rings is 1. The number of carbonyl (C=O) groups excluding carboxylic acids is 1. The molecule has 2 aliphatic rings. The van der Waals surface area contributed by atoms with Gasteiger partial charge in [-0.3, -0.25) is 9.69 Å². The molecule has 3 rings (SSSR count). The van der Waals surface area contributed by atoms with E-state index in [1.54, 1.807) is 7.11 Å². The summed E-state index contributed by atoms with van der Waals surface area (Å²) in [7, 11) is 1.76. The first kappa shape index (κ1) is 21.6. The summed E-state index contributed by atoms with van der Waals surface area (Å²) in [6, 6.07) is 8.91. The van der Waals surface area contributed by atoms with E-state index in [1.807, 2.05) is 17.0 Å². The van der Waals surface area contributed by atoms with Crippen molar-refractivity contribution in [2.45, 2.75) is 45.2 Å². The molecule has 1 saturated heterocycles. The molecule has 1 aliphatic heterocycles. The Morgan fingerprint density at radius 1 is 1.24 bits per heavy atom. The minimum Gasteiger partial charge on any atom is -0.383 e. The van der Waals surface area contributed by atoms with E-state index in [9.17, 15) is 4.79 Å². The number of guanidine groups is 1. The van der Waals surface area contributed by atoms with Crippen molar-refractivity contribution in [1.29, 1.82) is 0 Å². The Bertz CT molecular complexity index is 672. The summed E-state index contributed by atoms with van der Waals surface area (Å²) < 4.78 is 5.23. The van der Waals surface area contributed by atoms with Gasteiger partial charge in [0, 0.05) is 58.0 Å². The van der Waals surface area contributed by atoms with Crippen LogP contribution in [-0.2, 0) is 16.1 Å². The molecule has 1 aromatic carbocycles. The van der Waals surface area contributed by atoms with E-state index in [1.165, 1.54) is 12.8 Å². The van der Waals surface area contributed by atoms with E-state index in [2.05, 4.69) is 34.6 Å². The number of aliphatic imine (C=N–C) groups is 1. The second-order valence-electron chi connectivity index (χ2n) is 7.70. The van der Waals surface area contributed by atoms with Crippen molar-refractivity contribution in [2.24, 2.45) is 4.99 Å². The van der Waals surface area contributed by atoms with Crippen molar-refractivity contribution in [3.05, 3.63) is 29.8 Å². The number of ether oxygens (including phenoxy) is 1. The molecule has 2 N–H and O–H groups in total. The fraction of sp³-hybridized carbons (Fsp3) is 0.636. The Hall–Kier alpha value is -2.12. The van der Waals surface area contributed by atoms with Gasteiger partial charge in [0.2, 0.25) is 5.91 Å². The van der Waals surface area contributed by atoms with Gasteiger partial charge in [-0.2, -0.15) is 0 Å². The first-order valence-electron chi connectivity index (χ1n) is 10.9. The molecule has 0 aromatic heterocycles. The maximum atomic E-state index is 11.9. The minimum atomic E-state index is 0.222. The molecule has 2 fully saturated rings. The molecule has 1 heterocycles. The molecule has 0 unspecified atom stereocenters. The van der Waals surface area contributed by atoms with Crippen LogP contribution < -0.4 is 15.5 Å². The van der Waals surface area contributed by atoms with Crippen LogP contribution in [0.1, 0.15) is 38.2 Å². The van der Waals surface area contributed by atoms with Gasteiger partial charge in [0.1, 0.15) is 0 Å². The van der Waals surface area contributed by atoms with Gasteiger partial charge in [-0.25, -0.2) is 4.99 Å². The van der Waals surface area contributed by atoms with Crippen LogP contribution in [0.5, 0.6) is 0 Å². The second kappa shape index (κ2) is 11.2. The molecule has 1 saturated carbocycles. The number of nitrogens with zero attached hydrogens (tertiary/aromatic N) is 3. The quantitative estimate of drug-likeness (QED) is 0.438. The van der Waals surface area contributed by atoms with Crippen LogP contribution in [0.15, 0.2) is 29.3 Å². The molecular weight excluding hydrogens is 366 g/mol. The van der Waals surface area contributed by atoms with Crippen LogP contribution in [0.25, 0.3) is 0 Å². The van der Waals surface area contributed by atoms with Gasteiger partial charge in [-0.1, -0.05) is 12.1 Å². The summed E-state index contributed by atoms with van der Waals surface area (Å²) in [6.45, 7) is 7.98. The highest BCUT2D eigenvalue weighted by atomic mass is 16.5. The van der Waals surface area contributed by atoms with E-state index >= 15 is 0 Å². The lowest BCUT2D eigenvalue weighted by molar-refractivity contribution is -0.117. The molecule has 0 spiro atoms. The Labute approximate surface area is 174 Å². The molecule has 1 amide bonds. The van der Waals surface area contributed by atoms with Crippen LogP contribution in [0.3, 0.4) is 0 Å². The molecule has 160 valence electrons. The highest BCUT2D eigenvalue weighted by molar-refractivity contribution is 5.95. The van der Waals surface area contributed by atoms with Gasteiger partial charge >= 0.3 is 0 Å². The number of rotatable bonds is 11. The fourth-order valence-corrected chi connectivity index (χ4v) is 3.66.